The zero-order chi connectivity index (χ0) is 9.47. The predicted molar refractivity (Wildman–Crippen MR) is 54.2 cm³/mol. The molecular weight excluding hydrogens is 160 g/mol. The van der Waals surface area contributed by atoms with Crippen LogP contribution in [0, 0.1) is 5.92 Å². The van der Waals surface area contributed by atoms with E-state index in [4.69, 9.17) is 0 Å². The summed E-state index contributed by atoms with van der Waals surface area (Å²) in [6.45, 7) is 4.07. The van der Waals surface area contributed by atoms with Crippen LogP contribution < -0.4 is 0 Å². The summed E-state index contributed by atoms with van der Waals surface area (Å²) in [5.41, 5.74) is 1.42. The van der Waals surface area contributed by atoms with E-state index in [1.165, 1.54) is 0 Å². The molecule has 0 heterocycles. The first kappa shape index (κ1) is 8.52. The van der Waals surface area contributed by atoms with Crippen LogP contribution in [-0.2, 0) is 5.60 Å². The maximum absolute atomic E-state index is 10.3. The second-order valence-electron chi connectivity index (χ2n) is 3.90. The van der Waals surface area contributed by atoms with Gasteiger partial charge in [0.1, 0.15) is 5.60 Å². The molecule has 1 aliphatic rings. The maximum atomic E-state index is 10.3. The molecule has 1 atom stereocenters. The van der Waals surface area contributed by atoms with Crippen molar-refractivity contribution in [2.45, 2.75) is 19.4 Å². The minimum Gasteiger partial charge on any atom is -0.381 e. The largest absolute Gasteiger partial charge is 0.381 e. The van der Waals surface area contributed by atoms with Crippen molar-refractivity contribution in [1.82, 2.24) is 0 Å². The molecule has 0 fully saturated rings. The zero-order valence-electron chi connectivity index (χ0n) is 7.99. The summed E-state index contributed by atoms with van der Waals surface area (Å²) >= 11 is 0. The van der Waals surface area contributed by atoms with E-state index in [-0.39, 0.29) is 5.92 Å². The molecule has 1 aliphatic carbocycles. The van der Waals surface area contributed by atoms with Crippen LogP contribution in [0.5, 0.6) is 0 Å². The molecule has 0 saturated carbocycles. The molecule has 0 aliphatic heterocycles. The molecule has 1 unspecified atom stereocenters. The Morgan fingerprint density at radius 1 is 1.23 bits per heavy atom. The Hall–Kier alpha value is -1.08. The van der Waals surface area contributed by atoms with Gasteiger partial charge in [-0.2, -0.15) is 0 Å². The van der Waals surface area contributed by atoms with Crippen LogP contribution in [0.25, 0.3) is 6.08 Å². The molecule has 0 amide bonds. The van der Waals surface area contributed by atoms with Crippen molar-refractivity contribution < 1.29 is 5.11 Å². The van der Waals surface area contributed by atoms with Crippen LogP contribution >= 0.6 is 0 Å². The van der Waals surface area contributed by atoms with E-state index in [9.17, 15) is 5.11 Å². The van der Waals surface area contributed by atoms with E-state index < -0.39 is 5.60 Å². The van der Waals surface area contributed by atoms with E-state index in [0.717, 1.165) is 11.1 Å². The summed E-state index contributed by atoms with van der Waals surface area (Å²) in [6.07, 6.45) is 3.89. The first-order chi connectivity index (χ1) is 6.14. The SMILES string of the molecule is CC(C)C1(O)C=Cc2ccccc21. The topological polar surface area (TPSA) is 20.2 Å². The van der Waals surface area contributed by atoms with Crippen molar-refractivity contribution in [3.63, 3.8) is 0 Å². The summed E-state index contributed by atoms with van der Waals surface area (Å²) in [5, 5.41) is 10.3. The summed E-state index contributed by atoms with van der Waals surface area (Å²) in [7, 11) is 0. The third-order valence-corrected chi connectivity index (χ3v) is 2.79. The number of hydrogen-bond donors (Lipinski definition) is 1. The molecule has 1 aromatic rings. The van der Waals surface area contributed by atoms with E-state index in [1.807, 2.05) is 50.3 Å². The Balaban J connectivity index is 2.55. The van der Waals surface area contributed by atoms with Crippen LogP contribution in [-0.4, -0.2) is 5.11 Å². The van der Waals surface area contributed by atoms with Crippen molar-refractivity contribution >= 4 is 6.08 Å². The van der Waals surface area contributed by atoms with Gasteiger partial charge in [-0.25, -0.2) is 0 Å². The van der Waals surface area contributed by atoms with Crippen LogP contribution in [0.15, 0.2) is 30.3 Å². The Labute approximate surface area is 78.7 Å². The predicted octanol–water partition coefficient (Wildman–Crippen LogP) is 2.56. The summed E-state index contributed by atoms with van der Waals surface area (Å²) in [5.74, 6) is 0.215. The van der Waals surface area contributed by atoms with Crippen LogP contribution in [0.2, 0.25) is 0 Å². The molecular formula is C12H14O. The Bertz CT molecular complexity index is 352. The van der Waals surface area contributed by atoms with Gasteiger partial charge in [0.05, 0.1) is 0 Å². The molecule has 1 heteroatoms. The number of fused-ring (bicyclic) bond motifs is 1. The van der Waals surface area contributed by atoms with Crippen molar-refractivity contribution in [3.8, 4) is 0 Å². The molecule has 0 aromatic heterocycles. The van der Waals surface area contributed by atoms with Gasteiger partial charge in [-0.3, -0.25) is 0 Å². The minimum absolute atomic E-state index is 0.215. The van der Waals surface area contributed by atoms with Crippen LogP contribution in [0.3, 0.4) is 0 Å². The smallest absolute Gasteiger partial charge is 0.111 e. The highest BCUT2D eigenvalue weighted by molar-refractivity contribution is 5.63. The summed E-state index contributed by atoms with van der Waals surface area (Å²) in [4.78, 5) is 0. The fourth-order valence-electron chi connectivity index (χ4n) is 1.82. The average molecular weight is 174 g/mol. The van der Waals surface area contributed by atoms with E-state index in [2.05, 4.69) is 0 Å². The minimum atomic E-state index is -0.753. The highest BCUT2D eigenvalue weighted by Gasteiger charge is 2.34. The van der Waals surface area contributed by atoms with E-state index >= 15 is 0 Å². The Morgan fingerprint density at radius 3 is 2.62 bits per heavy atom. The Kier molecular flexibility index (Phi) is 1.77. The molecule has 0 saturated heterocycles. The summed E-state index contributed by atoms with van der Waals surface area (Å²) in [6, 6.07) is 8.00. The van der Waals surface area contributed by atoms with Crippen LogP contribution in [0.4, 0.5) is 0 Å². The molecule has 0 radical (unpaired) electrons. The highest BCUT2D eigenvalue weighted by Crippen LogP contribution is 2.38. The lowest BCUT2D eigenvalue weighted by molar-refractivity contribution is 0.0432. The third-order valence-electron chi connectivity index (χ3n) is 2.79. The van der Waals surface area contributed by atoms with Crippen LogP contribution in [0.1, 0.15) is 25.0 Å². The van der Waals surface area contributed by atoms with Crippen molar-refractivity contribution in [2.24, 2.45) is 5.92 Å². The molecule has 1 nitrogen and oxygen atoms in total. The zero-order valence-corrected chi connectivity index (χ0v) is 7.99. The molecule has 0 spiro atoms. The normalized spacial score (nSPS) is 25.2. The van der Waals surface area contributed by atoms with Gasteiger partial charge in [-0.1, -0.05) is 44.2 Å². The number of hydrogen-bond acceptors (Lipinski definition) is 1. The summed E-state index contributed by atoms with van der Waals surface area (Å²) < 4.78 is 0. The van der Waals surface area contributed by atoms with E-state index in [0.29, 0.717) is 0 Å². The molecule has 1 N–H and O–H groups in total. The van der Waals surface area contributed by atoms with Gasteiger partial charge in [0.25, 0.3) is 0 Å². The van der Waals surface area contributed by atoms with Crippen molar-refractivity contribution in [3.05, 3.63) is 41.5 Å². The first-order valence-corrected chi connectivity index (χ1v) is 4.66. The van der Waals surface area contributed by atoms with E-state index in [1.54, 1.807) is 0 Å². The van der Waals surface area contributed by atoms with Gasteiger partial charge in [-0.15, -0.1) is 0 Å². The van der Waals surface area contributed by atoms with Gasteiger partial charge < -0.3 is 5.11 Å². The van der Waals surface area contributed by atoms with Gasteiger partial charge >= 0.3 is 0 Å². The maximum Gasteiger partial charge on any atom is 0.111 e. The lowest BCUT2D eigenvalue weighted by atomic mass is 9.85. The average Bonchev–Trinajstić information content (AvgIpc) is 2.47. The fraction of sp³-hybridized carbons (Fsp3) is 0.333. The van der Waals surface area contributed by atoms with Gasteiger partial charge in [0.15, 0.2) is 0 Å². The number of rotatable bonds is 1. The Morgan fingerprint density at radius 2 is 1.92 bits per heavy atom. The standard InChI is InChI=1S/C12H14O/c1-9(2)12(13)8-7-10-5-3-4-6-11(10)12/h3-9,13H,1-2H3. The second kappa shape index (κ2) is 2.71. The van der Waals surface area contributed by atoms with Gasteiger partial charge in [0, 0.05) is 0 Å². The molecule has 13 heavy (non-hydrogen) atoms. The number of aliphatic hydroxyl groups is 1. The van der Waals surface area contributed by atoms with Crippen molar-refractivity contribution in [1.29, 1.82) is 0 Å². The first-order valence-electron chi connectivity index (χ1n) is 4.66. The van der Waals surface area contributed by atoms with Crippen molar-refractivity contribution in [2.75, 3.05) is 0 Å². The number of benzene rings is 1. The lowest BCUT2D eigenvalue weighted by Crippen LogP contribution is -2.27. The second-order valence-corrected chi connectivity index (χ2v) is 3.90. The quantitative estimate of drug-likeness (QED) is 0.693. The van der Waals surface area contributed by atoms with Gasteiger partial charge in [0.2, 0.25) is 0 Å². The van der Waals surface area contributed by atoms with Gasteiger partial charge in [-0.05, 0) is 23.1 Å². The fourth-order valence-corrected chi connectivity index (χ4v) is 1.82. The lowest BCUT2D eigenvalue weighted by Gasteiger charge is -2.27. The molecule has 68 valence electrons. The molecule has 0 bridgehead atoms. The molecule has 1 aromatic carbocycles. The monoisotopic (exact) mass is 174 g/mol. The highest BCUT2D eigenvalue weighted by atomic mass is 16.3. The molecule has 2 rings (SSSR count). The third kappa shape index (κ3) is 1.11.